The largest absolute Gasteiger partial charge is 0.307 e. The van der Waals surface area contributed by atoms with Crippen LogP contribution in [0.15, 0.2) is 23.4 Å². The van der Waals surface area contributed by atoms with E-state index >= 15 is 0 Å². The quantitative estimate of drug-likeness (QED) is 0.690. The van der Waals surface area contributed by atoms with Gasteiger partial charge in [-0.2, -0.15) is 0 Å². The molecule has 1 aliphatic heterocycles. The molecule has 6 nitrogen and oxygen atoms in total. The van der Waals surface area contributed by atoms with E-state index in [-0.39, 0.29) is 5.56 Å². The number of fused-ring (bicyclic) bond motifs is 1. The Balaban J connectivity index is 2.17. The summed E-state index contributed by atoms with van der Waals surface area (Å²) in [4.78, 5) is 26.8. The van der Waals surface area contributed by atoms with Crippen molar-refractivity contribution in [2.24, 2.45) is 0 Å². The van der Waals surface area contributed by atoms with Crippen LogP contribution >= 0.6 is 0 Å². The minimum atomic E-state index is -0.101. The minimum Gasteiger partial charge on any atom is -0.307 e. The van der Waals surface area contributed by atoms with Crippen LogP contribution in [0.2, 0.25) is 0 Å². The molecule has 2 aromatic heterocycles. The lowest BCUT2D eigenvalue weighted by Gasteiger charge is -2.01. The summed E-state index contributed by atoms with van der Waals surface area (Å²) >= 11 is 0. The third-order valence-electron chi connectivity index (χ3n) is 2.50. The lowest BCUT2D eigenvalue weighted by molar-refractivity contribution is 0.757. The zero-order chi connectivity index (χ0) is 11.0. The smallest absolute Gasteiger partial charge is 0.256 e. The number of nitrogens with one attached hydrogen (secondary N) is 2. The normalized spacial score (nSPS) is 13.8. The molecule has 6 heteroatoms. The highest BCUT2D eigenvalue weighted by Crippen LogP contribution is 2.13. The summed E-state index contributed by atoms with van der Waals surface area (Å²) in [6.07, 6.45) is 4.73. The maximum absolute atomic E-state index is 11.7. The molecule has 0 saturated heterocycles. The zero-order valence-electron chi connectivity index (χ0n) is 8.40. The molecule has 2 aromatic rings. The van der Waals surface area contributed by atoms with Crippen LogP contribution in [0.25, 0.3) is 11.5 Å². The lowest BCUT2D eigenvalue weighted by Crippen LogP contribution is -2.16. The average molecular weight is 215 g/mol. The van der Waals surface area contributed by atoms with E-state index in [9.17, 15) is 4.79 Å². The van der Waals surface area contributed by atoms with Gasteiger partial charge in [0.05, 0.1) is 17.5 Å². The molecule has 0 unspecified atom stereocenters. The maximum atomic E-state index is 11.7. The van der Waals surface area contributed by atoms with E-state index < -0.39 is 0 Å². The van der Waals surface area contributed by atoms with Gasteiger partial charge in [0.2, 0.25) is 0 Å². The van der Waals surface area contributed by atoms with Gasteiger partial charge in [0.15, 0.2) is 5.82 Å². The first-order valence-corrected chi connectivity index (χ1v) is 4.94. The molecule has 0 fully saturated rings. The van der Waals surface area contributed by atoms with E-state index in [1.807, 2.05) is 0 Å². The molecule has 0 aliphatic carbocycles. The predicted octanol–water partition coefficient (Wildman–Crippen LogP) is -0.170. The van der Waals surface area contributed by atoms with Gasteiger partial charge in [-0.1, -0.05) is 0 Å². The van der Waals surface area contributed by atoms with Gasteiger partial charge in [-0.25, -0.2) is 9.97 Å². The van der Waals surface area contributed by atoms with E-state index in [2.05, 4.69) is 25.3 Å². The molecule has 0 saturated carbocycles. The third-order valence-corrected chi connectivity index (χ3v) is 2.50. The number of H-pyrrole nitrogens is 1. The van der Waals surface area contributed by atoms with Crippen molar-refractivity contribution in [3.8, 4) is 11.5 Å². The van der Waals surface area contributed by atoms with Crippen molar-refractivity contribution in [1.82, 2.24) is 25.3 Å². The molecule has 2 N–H and O–H groups in total. The third kappa shape index (κ3) is 1.40. The van der Waals surface area contributed by atoms with Crippen LogP contribution < -0.4 is 10.9 Å². The number of aromatic amines is 1. The summed E-state index contributed by atoms with van der Waals surface area (Å²) < 4.78 is 0. The Morgan fingerprint density at radius 2 is 2.19 bits per heavy atom. The van der Waals surface area contributed by atoms with Crippen LogP contribution in [0.3, 0.4) is 0 Å². The molecule has 0 aromatic carbocycles. The molecule has 0 bridgehead atoms. The van der Waals surface area contributed by atoms with Crippen LogP contribution in [0.5, 0.6) is 0 Å². The van der Waals surface area contributed by atoms with Gasteiger partial charge < -0.3 is 10.3 Å². The van der Waals surface area contributed by atoms with Crippen LogP contribution in [-0.2, 0) is 13.1 Å². The average Bonchev–Trinajstić information content (AvgIpc) is 2.79. The predicted molar refractivity (Wildman–Crippen MR) is 56.4 cm³/mol. The number of rotatable bonds is 1. The summed E-state index contributed by atoms with van der Waals surface area (Å²) in [5.41, 5.74) is 1.99. The number of aromatic nitrogens is 4. The van der Waals surface area contributed by atoms with E-state index in [1.165, 1.54) is 0 Å². The molecule has 0 radical (unpaired) electrons. The zero-order valence-corrected chi connectivity index (χ0v) is 8.40. The van der Waals surface area contributed by atoms with Crippen molar-refractivity contribution in [3.05, 3.63) is 40.2 Å². The molecule has 0 amide bonds. The number of nitrogens with zero attached hydrogens (tertiary/aromatic N) is 3. The van der Waals surface area contributed by atoms with Crippen molar-refractivity contribution < 1.29 is 0 Å². The Labute approximate surface area is 90.8 Å². The summed E-state index contributed by atoms with van der Waals surface area (Å²) in [7, 11) is 0. The van der Waals surface area contributed by atoms with Gasteiger partial charge in [0.1, 0.15) is 5.69 Å². The van der Waals surface area contributed by atoms with Crippen LogP contribution in [0, 0.1) is 0 Å². The second kappa shape index (κ2) is 3.49. The molecule has 1 aliphatic rings. The van der Waals surface area contributed by atoms with E-state index in [0.29, 0.717) is 30.2 Å². The van der Waals surface area contributed by atoms with Crippen molar-refractivity contribution >= 4 is 0 Å². The standard InChI is InChI=1S/C10H9N5O/c16-10-6-3-12-4-7(6)14-9(15-10)8-5-11-1-2-13-8/h1-2,5,12H,3-4H2,(H,14,15,16). The highest BCUT2D eigenvalue weighted by atomic mass is 16.1. The highest BCUT2D eigenvalue weighted by molar-refractivity contribution is 5.47. The Hall–Kier alpha value is -2.08. The molecule has 80 valence electrons. The van der Waals surface area contributed by atoms with E-state index in [0.717, 1.165) is 5.69 Å². The fourth-order valence-electron chi connectivity index (χ4n) is 1.72. The van der Waals surface area contributed by atoms with Crippen LogP contribution in [0.1, 0.15) is 11.3 Å². The van der Waals surface area contributed by atoms with Crippen molar-refractivity contribution in [2.75, 3.05) is 0 Å². The number of hydrogen-bond acceptors (Lipinski definition) is 5. The van der Waals surface area contributed by atoms with Crippen molar-refractivity contribution in [2.45, 2.75) is 13.1 Å². The van der Waals surface area contributed by atoms with Gasteiger partial charge in [0, 0.05) is 25.5 Å². The highest BCUT2D eigenvalue weighted by Gasteiger charge is 2.17. The number of hydrogen-bond donors (Lipinski definition) is 2. The summed E-state index contributed by atoms with van der Waals surface area (Å²) in [6.45, 7) is 1.21. The fraction of sp³-hybridized carbons (Fsp3) is 0.200. The second-order valence-corrected chi connectivity index (χ2v) is 3.53. The molecule has 16 heavy (non-hydrogen) atoms. The first kappa shape index (κ1) is 9.17. The van der Waals surface area contributed by atoms with Gasteiger partial charge >= 0.3 is 0 Å². The Bertz CT molecular complexity index is 578. The monoisotopic (exact) mass is 215 g/mol. The molecule has 3 heterocycles. The SMILES string of the molecule is O=c1[nH]c(-c2cnccn2)nc2c1CNC2. The van der Waals surface area contributed by atoms with Gasteiger partial charge in [-0.05, 0) is 0 Å². The summed E-state index contributed by atoms with van der Waals surface area (Å²) in [5, 5.41) is 3.09. The minimum absolute atomic E-state index is 0.101. The van der Waals surface area contributed by atoms with Crippen LogP contribution in [-0.4, -0.2) is 19.9 Å². The first-order chi connectivity index (χ1) is 7.84. The Morgan fingerprint density at radius 1 is 1.25 bits per heavy atom. The summed E-state index contributed by atoms with van der Waals surface area (Å²) in [6, 6.07) is 0. The summed E-state index contributed by atoms with van der Waals surface area (Å²) in [5.74, 6) is 0.473. The van der Waals surface area contributed by atoms with Gasteiger partial charge in [0.25, 0.3) is 5.56 Å². The molecule has 3 rings (SSSR count). The second-order valence-electron chi connectivity index (χ2n) is 3.53. The van der Waals surface area contributed by atoms with E-state index in [4.69, 9.17) is 0 Å². The lowest BCUT2D eigenvalue weighted by atomic mass is 10.2. The van der Waals surface area contributed by atoms with Gasteiger partial charge in [-0.15, -0.1) is 0 Å². The van der Waals surface area contributed by atoms with Crippen molar-refractivity contribution in [3.63, 3.8) is 0 Å². The topological polar surface area (TPSA) is 83.6 Å². The van der Waals surface area contributed by atoms with E-state index in [1.54, 1.807) is 18.6 Å². The Morgan fingerprint density at radius 3 is 3.00 bits per heavy atom. The van der Waals surface area contributed by atoms with Gasteiger partial charge in [-0.3, -0.25) is 9.78 Å². The first-order valence-electron chi connectivity index (χ1n) is 4.94. The molecule has 0 atom stereocenters. The Kier molecular flexibility index (Phi) is 2.00. The molecule has 0 spiro atoms. The molecular formula is C10H9N5O. The maximum Gasteiger partial charge on any atom is 0.256 e. The van der Waals surface area contributed by atoms with Crippen molar-refractivity contribution in [1.29, 1.82) is 0 Å². The fourth-order valence-corrected chi connectivity index (χ4v) is 1.72. The van der Waals surface area contributed by atoms with Crippen LogP contribution in [0.4, 0.5) is 0 Å². The molecular weight excluding hydrogens is 206 g/mol.